The summed E-state index contributed by atoms with van der Waals surface area (Å²) in [6, 6.07) is 0. The Bertz CT molecular complexity index is 307. The van der Waals surface area contributed by atoms with Crippen LogP contribution in [0.15, 0.2) is 0 Å². The molecule has 0 aliphatic carbocycles. The van der Waals surface area contributed by atoms with E-state index in [0.717, 1.165) is 32.3 Å². The Morgan fingerprint density at radius 3 is 2.67 bits per heavy atom. The standard InChI is InChI=1S/C15H29N3O2S/c1-2-3-4-5-6-7-10-14(19)17-18-15(21)16-12-13-9-8-11-20-13/h13H,2-12H2,1H3,(H,17,19)(H2,16,18,21). The van der Waals surface area contributed by atoms with Crippen molar-refractivity contribution in [3.63, 3.8) is 0 Å². The Morgan fingerprint density at radius 2 is 1.95 bits per heavy atom. The predicted molar refractivity (Wildman–Crippen MR) is 88.8 cm³/mol. The van der Waals surface area contributed by atoms with E-state index in [1.165, 1.54) is 25.7 Å². The molecule has 1 heterocycles. The zero-order valence-electron chi connectivity index (χ0n) is 13.1. The number of hydrazine groups is 1. The van der Waals surface area contributed by atoms with Crippen molar-refractivity contribution in [3.8, 4) is 0 Å². The summed E-state index contributed by atoms with van der Waals surface area (Å²) in [6.07, 6.45) is 10.1. The monoisotopic (exact) mass is 315 g/mol. The van der Waals surface area contributed by atoms with E-state index in [4.69, 9.17) is 17.0 Å². The Hall–Kier alpha value is -0.880. The van der Waals surface area contributed by atoms with Gasteiger partial charge in [-0.2, -0.15) is 0 Å². The second kappa shape index (κ2) is 11.7. The molecule has 0 aromatic rings. The van der Waals surface area contributed by atoms with Crippen molar-refractivity contribution in [1.29, 1.82) is 0 Å². The molecule has 6 heteroatoms. The molecular weight excluding hydrogens is 286 g/mol. The first-order valence-corrected chi connectivity index (χ1v) is 8.57. The van der Waals surface area contributed by atoms with Gasteiger partial charge in [-0.15, -0.1) is 0 Å². The number of carbonyl (C=O) groups is 1. The van der Waals surface area contributed by atoms with Gasteiger partial charge in [-0.1, -0.05) is 39.0 Å². The van der Waals surface area contributed by atoms with Crippen LogP contribution in [0.1, 0.15) is 64.7 Å². The van der Waals surface area contributed by atoms with Crippen LogP contribution in [0, 0.1) is 0 Å². The minimum absolute atomic E-state index is 0.00763. The lowest BCUT2D eigenvalue weighted by Gasteiger charge is -2.14. The lowest BCUT2D eigenvalue weighted by Crippen LogP contribution is -2.48. The number of rotatable bonds is 9. The number of nitrogens with one attached hydrogen (secondary N) is 3. The molecule has 3 N–H and O–H groups in total. The molecule has 1 unspecified atom stereocenters. The Morgan fingerprint density at radius 1 is 1.19 bits per heavy atom. The van der Waals surface area contributed by atoms with Gasteiger partial charge in [-0.3, -0.25) is 15.6 Å². The molecule has 0 aromatic heterocycles. The van der Waals surface area contributed by atoms with Crippen LogP contribution in [0.4, 0.5) is 0 Å². The van der Waals surface area contributed by atoms with Crippen LogP contribution in [0.25, 0.3) is 0 Å². The highest BCUT2D eigenvalue weighted by molar-refractivity contribution is 7.80. The van der Waals surface area contributed by atoms with Gasteiger partial charge in [0.05, 0.1) is 6.10 Å². The van der Waals surface area contributed by atoms with Crippen LogP contribution < -0.4 is 16.2 Å². The minimum atomic E-state index is -0.00763. The average molecular weight is 315 g/mol. The molecule has 1 aliphatic heterocycles. The first kappa shape index (κ1) is 18.2. The molecule has 21 heavy (non-hydrogen) atoms. The fourth-order valence-corrected chi connectivity index (χ4v) is 2.45. The molecule has 0 saturated carbocycles. The van der Waals surface area contributed by atoms with Gasteiger partial charge in [0.25, 0.3) is 0 Å². The minimum Gasteiger partial charge on any atom is -0.376 e. The largest absolute Gasteiger partial charge is 0.376 e. The molecule has 1 atom stereocenters. The highest BCUT2D eigenvalue weighted by atomic mass is 32.1. The highest BCUT2D eigenvalue weighted by Gasteiger charge is 2.15. The summed E-state index contributed by atoms with van der Waals surface area (Å²) in [5, 5.41) is 3.50. The molecule has 0 radical (unpaired) electrons. The normalized spacial score (nSPS) is 17.5. The molecule has 5 nitrogen and oxygen atoms in total. The van der Waals surface area contributed by atoms with E-state index in [0.29, 0.717) is 18.1 Å². The van der Waals surface area contributed by atoms with Crippen molar-refractivity contribution in [2.45, 2.75) is 70.8 Å². The van der Waals surface area contributed by atoms with Crippen molar-refractivity contribution >= 4 is 23.2 Å². The number of carbonyl (C=O) groups excluding carboxylic acids is 1. The van der Waals surface area contributed by atoms with Crippen LogP contribution in [0.5, 0.6) is 0 Å². The lowest BCUT2D eigenvalue weighted by atomic mass is 10.1. The number of ether oxygens (including phenoxy) is 1. The molecule has 1 amide bonds. The third kappa shape index (κ3) is 9.63. The van der Waals surface area contributed by atoms with Crippen molar-refractivity contribution in [2.24, 2.45) is 0 Å². The van der Waals surface area contributed by atoms with E-state index in [2.05, 4.69) is 23.1 Å². The second-order valence-electron chi connectivity index (χ2n) is 5.54. The summed E-state index contributed by atoms with van der Waals surface area (Å²) in [5.74, 6) is -0.00763. The van der Waals surface area contributed by atoms with Gasteiger partial charge in [0.1, 0.15) is 0 Å². The maximum Gasteiger partial charge on any atom is 0.238 e. The summed E-state index contributed by atoms with van der Waals surface area (Å²) >= 11 is 5.10. The first-order valence-electron chi connectivity index (χ1n) is 8.16. The fraction of sp³-hybridized carbons (Fsp3) is 0.867. The van der Waals surface area contributed by atoms with Gasteiger partial charge in [-0.05, 0) is 31.5 Å². The summed E-state index contributed by atoms with van der Waals surface area (Å²) in [4.78, 5) is 11.6. The summed E-state index contributed by atoms with van der Waals surface area (Å²) in [5.41, 5.74) is 5.36. The second-order valence-corrected chi connectivity index (χ2v) is 5.94. The smallest absolute Gasteiger partial charge is 0.238 e. The molecule has 1 saturated heterocycles. The third-order valence-corrected chi connectivity index (χ3v) is 3.83. The number of unbranched alkanes of at least 4 members (excludes halogenated alkanes) is 5. The van der Waals surface area contributed by atoms with Gasteiger partial charge in [-0.25, -0.2) is 0 Å². The first-order chi connectivity index (χ1) is 10.2. The molecule has 122 valence electrons. The Balaban J connectivity index is 1.92. The summed E-state index contributed by atoms with van der Waals surface area (Å²) in [7, 11) is 0. The van der Waals surface area contributed by atoms with Gasteiger partial charge in [0, 0.05) is 19.6 Å². The van der Waals surface area contributed by atoms with Crippen molar-refractivity contribution in [3.05, 3.63) is 0 Å². The topological polar surface area (TPSA) is 62.4 Å². The number of hydrogen-bond donors (Lipinski definition) is 3. The fourth-order valence-electron chi connectivity index (χ4n) is 2.31. The van der Waals surface area contributed by atoms with E-state index in [1.807, 2.05) is 0 Å². The number of amides is 1. The molecule has 1 fully saturated rings. The lowest BCUT2D eigenvalue weighted by molar-refractivity contribution is -0.121. The maximum absolute atomic E-state index is 11.6. The number of thiocarbonyl (C=S) groups is 1. The SMILES string of the molecule is CCCCCCCCC(=O)NNC(=S)NCC1CCCO1. The van der Waals surface area contributed by atoms with Crippen LogP contribution >= 0.6 is 12.2 Å². The van der Waals surface area contributed by atoms with E-state index < -0.39 is 0 Å². The highest BCUT2D eigenvalue weighted by Crippen LogP contribution is 2.10. The molecule has 1 aliphatic rings. The van der Waals surface area contributed by atoms with Gasteiger partial charge < -0.3 is 10.1 Å². The van der Waals surface area contributed by atoms with Crippen molar-refractivity contribution < 1.29 is 9.53 Å². The summed E-state index contributed by atoms with van der Waals surface area (Å²) < 4.78 is 5.49. The molecule has 0 aromatic carbocycles. The maximum atomic E-state index is 11.6. The zero-order chi connectivity index (χ0) is 15.3. The molecule has 0 spiro atoms. The average Bonchev–Trinajstić information content (AvgIpc) is 3.00. The number of hydrogen-bond acceptors (Lipinski definition) is 3. The molecule has 1 rings (SSSR count). The van der Waals surface area contributed by atoms with E-state index in [9.17, 15) is 4.79 Å². The Kier molecular flexibility index (Phi) is 10.2. The Labute approximate surface area is 133 Å². The zero-order valence-corrected chi connectivity index (χ0v) is 13.9. The van der Waals surface area contributed by atoms with Crippen LogP contribution in [0.3, 0.4) is 0 Å². The van der Waals surface area contributed by atoms with Gasteiger partial charge in [0.2, 0.25) is 5.91 Å². The molecule has 0 bridgehead atoms. The van der Waals surface area contributed by atoms with E-state index >= 15 is 0 Å². The quantitative estimate of drug-likeness (QED) is 0.346. The van der Waals surface area contributed by atoms with E-state index in [1.54, 1.807) is 0 Å². The van der Waals surface area contributed by atoms with Crippen LogP contribution in [-0.2, 0) is 9.53 Å². The van der Waals surface area contributed by atoms with Gasteiger partial charge >= 0.3 is 0 Å². The molecular formula is C15H29N3O2S. The van der Waals surface area contributed by atoms with Crippen molar-refractivity contribution in [1.82, 2.24) is 16.2 Å². The third-order valence-electron chi connectivity index (χ3n) is 3.59. The van der Waals surface area contributed by atoms with E-state index in [-0.39, 0.29) is 12.0 Å². The van der Waals surface area contributed by atoms with Crippen LogP contribution in [0.2, 0.25) is 0 Å². The van der Waals surface area contributed by atoms with Crippen LogP contribution in [-0.4, -0.2) is 30.3 Å². The summed E-state index contributed by atoms with van der Waals surface area (Å²) in [6.45, 7) is 3.73. The van der Waals surface area contributed by atoms with Crippen molar-refractivity contribution in [2.75, 3.05) is 13.2 Å². The predicted octanol–water partition coefficient (Wildman–Crippen LogP) is 2.41. The van der Waals surface area contributed by atoms with Gasteiger partial charge in [0.15, 0.2) is 5.11 Å².